The Bertz CT molecular complexity index is 676. The van der Waals surface area contributed by atoms with Crippen LogP contribution in [0.5, 0.6) is 0 Å². The molecule has 0 bridgehead atoms. The predicted molar refractivity (Wildman–Crippen MR) is 92.5 cm³/mol. The molecule has 0 spiro atoms. The molecular weight excluding hydrogens is 296 g/mol. The molecule has 5 nitrogen and oxygen atoms in total. The Kier molecular flexibility index (Phi) is 4.31. The van der Waals surface area contributed by atoms with Gasteiger partial charge in [-0.25, -0.2) is 4.98 Å². The number of benzene rings is 1. The van der Waals surface area contributed by atoms with Gasteiger partial charge < -0.3 is 16.0 Å². The van der Waals surface area contributed by atoms with Crippen molar-refractivity contribution in [2.75, 3.05) is 23.3 Å². The summed E-state index contributed by atoms with van der Waals surface area (Å²) in [7, 11) is 0. The molecule has 0 radical (unpaired) electrons. The summed E-state index contributed by atoms with van der Waals surface area (Å²) in [5.74, 6) is -0.254. The van der Waals surface area contributed by atoms with Gasteiger partial charge in [-0.2, -0.15) is 0 Å². The lowest BCUT2D eigenvalue weighted by molar-refractivity contribution is -0.119. The van der Waals surface area contributed by atoms with Gasteiger partial charge >= 0.3 is 0 Å². The van der Waals surface area contributed by atoms with Crippen molar-refractivity contribution < 1.29 is 4.79 Å². The van der Waals surface area contributed by atoms with E-state index in [1.807, 2.05) is 32.0 Å². The molecule has 1 aromatic carbocycles. The first-order chi connectivity index (χ1) is 10.5. The number of fused-ring (bicyclic) bond motifs is 1. The van der Waals surface area contributed by atoms with Crippen LogP contribution in [0.25, 0.3) is 10.2 Å². The van der Waals surface area contributed by atoms with Crippen LogP contribution in [0.15, 0.2) is 18.2 Å². The Morgan fingerprint density at radius 1 is 1.36 bits per heavy atom. The van der Waals surface area contributed by atoms with Gasteiger partial charge in [0, 0.05) is 24.8 Å². The highest BCUT2D eigenvalue weighted by atomic mass is 32.1. The molecule has 2 atom stereocenters. The quantitative estimate of drug-likeness (QED) is 0.909. The molecule has 2 aromatic rings. The molecule has 6 heteroatoms. The minimum atomic E-state index is -0.211. The van der Waals surface area contributed by atoms with E-state index in [1.54, 1.807) is 11.3 Å². The van der Waals surface area contributed by atoms with Gasteiger partial charge in [-0.15, -0.1) is 0 Å². The zero-order valence-corrected chi connectivity index (χ0v) is 13.8. The smallest absolute Gasteiger partial charge is 0.228 e. The van der Waals surface area contributed by atoms with E-state index in [9.17, 15) is 4.79 Å². The molecule has 2 unspecified atom stereocenters. The van der Waals surface area contributed by atoms with E-state index in [0.717, 1.165) is 34.1 Å². The van der Waals surface area contributed by atoms with Crippen LogP contribution in [0.3, 0.4) is 0 Å². The van der Waals surface area contributed by atoms with Gasteiger partial charge in [0.2, 0.25) is 5.91 Å². The average Bonchev–Trinajstić information content (AvgIpc) is 3.14. The highest BCUT2D eigenvalue weighted by Crippen LogP contribution is 2.32. The van der Waals surface area contributed by atoms with Crippen molar-refractivity contribution in [3.05, 3.63) is 18.2 Å². The number of nitrogens with two attached hydrogens (primary N) is 1. The van der Waals surface area contributed by atoms with E-state index >= 15 is 0 Å². The molecule has 3 N–H and O–H groups in total. The van der Waals surface area contributed by atoms with Crippen LogP contribution in [0.2, 0.25) is 0 Å². The van der Waals surface area contributed by atoms with E-state index in [1.165, 1.54) is 12.8 Å². The van der Waals surface area contributed by atoms with E-state index < -0.39 is 0 Å². The third kappa shape index (κ3) is 3.08. The molecular formula is C16H22N4OS. The Labute approximate surface area is 134 Å². The van der Waals surface area contributed by atoms with Gasteiger partial charge in [-0.05, 0) is 38.0 Å². The molecule has 1 saturated heterocycles. The second-order valence-electron chi connectivity index (χ2n) is 6.01. The summed E-state index contributed by atoms with van der Waals surface area (Å²) < 4.78 is 1.10. The summed E-state index contributed by atoms with van der Waals surface area (Å²) in [6.45, 7) is 5.88. The first-order valence-corrected chi connectivity index (χ1v) is 8.58. The minimum absolute atomic E-state index is 0.0429. The SMILES string of the molecule is CC(N)C(C)C(=O)Nc1ccc2nc(N3CCCC3)sc2c1. The Balaban J connectivity index is 1.79. The number of thiazole rings is 1. The van der Waals surface area contributed by atoms with Gasteiger partial charge in [0.1, 0.15) is 0 Å². The van der Waals surface area contributed by atoms with Crippen molar-refractivity contribution in [3.63, 3.8) is 0 Å². The Hall–Kier alpha value is -1.66. The van der Waals surface area contributed by atoms with Crippen molar-refractivity contribution >= 4 is 38.3 Å². The first-order valence-electron chi connectivity index (χ1n) is 7.76. The number of nitrogens with zero attached hydrogens (tertiary/aromatic N) is 2. The number of carbonyl (C=O) groups excluding carboxylic acids is 1. The topological polar surface area (TPSA) is 71.2 Å². The summed E-state index contributed by atoms with van der Waals surface area (Å²) >= 11 is 1.69. The first kappa shape index (κ1) is 15.2. The molecule has 1 amide bonds. The summed E-state index contributed by atoms with van der Waals surface area (Å²) in [6, 6.07) is 5.71. The standard InChI is InChI=1S/C16H22N4OS/c1-10(11(2)17)15(21)18-12-5-6-13-14(9-12)22-16(19-13)20-7-3-4-8-20/h5-6,9-11H,3-4,7-8,17H2,1-2H3,(H,18,21). The van der Waals surface area contributed by atoms with Crippen LogP contribution in [0.1, 0.15) is 26.7 Å². The summed E-state index contributed by atoms with van der Waals surface area (Å²) in [5, 5.41) is 4.02. The zero-order valence-electron chi connectivity index (χ0n) is 13.0. The van der Waals surface area contributed by atoms with Crippen LogP contribution in [0.4, 0.5) is 10.8 Å². The van der Waals surface area contributed by atoms with Crippen LogP contribution in [0, 0.1) is 5.92 Å². The Morgan fingerprint density at radius 2 is 2.09 bits per heavy atom. The Morgan fingerprint density at radius 3 is 2.77 bits per heavy atom. The van der Waals surface area contributed by atoms with E-state index in [0.29, 0.717) is 0 Å². The van der Waals surface area contributed by atoms with E-state index in [-0.39, 0.29) is 17.9 Å². The third-order valence-electron chi connectivity index (χ3n) is 4.22. The number of hydrogen-bond donors (Lipinski definition) is 2. The maximum absolute atomic E-state index is 12.1. The van der Waals surface area contributed by atoms with Gasteiger partial charge in [0.05, 0.1) is 16.1 Å². The fraction of sp³-hybridized carbons (Fsp3) is 0.500. The number of anilines is 2. The van der Waals surface area contributed by atoms with Crippen molar-refractivity contribution in [1.29, 1.82) is 0 Å². The fourth-order valence-corrected chi connectivity index (χ4v) is 3.59. The fourth-order valence-electron chi connectivity index (χ4n) is 2.53. The van der Waals surface area contributed by atoms with Crippen molar-refractivity contribution in [3.8, 4) is 0 Å². The van der Waals surface area contributed by atoms with Gasteiger partial charge in [0.25, 0.3) is 0 Å². The van der Waals surface area contributed by atoms with Gasteiger partial charge in [-0.1, -0.05) is 18.3 Å². The molecule has 118 valence electrons. The second kappa shape index (κ2) is 6.22. The van der Waals surface area contributed by atoms with Gasteiger partial charge in [-0.3, -0.25) is 4.79 Å². The molecule has 1 aromatic heterocycles. The number of hydrogen-bond acceptors (Lipinski definition) is 5. The molecule has 22 heavy (non-hydrogen) atoms. The number of amides is 1. The normalized spacial score (nSPS) is 17.7. The van der Waals surface area contributed by atoms with Crippen LogP contribution in [-0.4, -0.2) is 30.0 Å². The van der Waals surface area contributed by atoms with E-state index in [2.05, 4.69) is 10.2 Å². The lowest BCUT2D eigenvalue weighted by Crippen LogP contribution is -2.34. The van der Waals surface area contributed by atoms with Crippen LogP contribution < -0.4 is 16.0 Å². The largest absolute Gasteiger partial charge is 0.348 e. The summed E-state index contributed by atoms with van der Waals surface area (Å²) in [5.41, 5.74) is 7.58. The lowest BCUT2D eigenvalue weighted by atomic mass is 10.0. The highest BCUT2D eigenvalue weighted by molar-refractivity contribution is 7.22. The van der Waals surface area contributed by atoms with Gasteiger partial charge in [0.15, 0.2) is 5.13 Å². The maximum atomic E-state index is 12.1. The molecule has 1 aliphatic rings. The predicted octanol–water partition coefficient (Wildman–Crippen LogP) is 2.82. The molecule has 1 fully saturated rings. The number of carbonyl (C=O) groups is 1. The van der Waals surface area contributed by atoms with Crippen molar-refractivity contribution in [2.24, 2.45) is 11.7 Å². The summed E-state index contributed by atoms with van der Waals surface area (Å²) in [4.78, 5) is 19.1. The van der Waals surface area contributed by atoms with Crippen LogP contribution in [-0.2, 0) is 4.79 Å². The highest BCUT2D eigenvalue weighted by Gasteiger charge is 2.18. The van der Waals surface area contributed by atoms with Crippen molar-refractivity contribution in [1.82, 2.24) is 4.98 Å². The molecule has 0 saturated carbocycles. The molecule has 1 aliphatic heterocycles. The number of rotatable bonds is 4. The average molecular weight is 318 g/mol. The zero-order chi connectivity index (χ0) is 15.7. The summed E-state index contributed by atoms with van der Waals surface area (Å²) in [6.07, 6.45) is 2.48. The molecule has 0 aliphatic carbocycles. The van der Waals surface area contributed by atoms with Crippen molar-refractivity contribution in [2.45, 2.75) is 32.7 Å². The maximum Gasteiger partial charge on any atom is 0.228 e. The lowest BCUT2D eigenvalue weighted by Gasteiger charge is -2.15. The van der Waals surface area contributed by atoms with E-state index in [4.69, 9.17) is 10.7 Å². The minimum Gasteiger partial charge on any atom is -0.348 e. The number of aromatic nitrogens is 1. The monoisotopic (exact) mass is 318 g/mol. The third-order valence-corrected chi connectivity index (χ3v) is 5.30. The van der Waals surface area contributed by atoms with Crippen LogP contribution >= 0.6 is 11.3 Å². The molecule has 2 heterocycles. The molecule has 3 rings (SSSR count). The number of nitrogens with one attached hydrogen (secondary N) is 1. The second-order valence-corrected chi connectivity index (χ2v) is 7.02.